The molecule has 0 aliphatic carbocycles. The number of carbonyl (C=O) groups is 1. The van der Waals surface area contributed by atoms with Crippen molar-refractivity contribution in [3.63, 3.8) is 0 Å². The summed E-state index contributed by atoms with van der Waals surface area (Å²) in [7, 11) is 1.57. The Bertz CT molecular complexity index is 680. The van der Waals surface area contributed by atoms with Crippen LogP contribution < -0.4 is 10.1 Å². The fraction of sp³-hybridized carbons (Fsp3) is 0.118. The molecule has 0 bridgehead atoms. The van der Waals surface area contributed by atoms with Crippen molar-refractivity contribution in [2.75, 3.05) is 12.4 Å². The van der Waals surface area contributed by atoms with E-state index in [2.05, 4.69) is 5.32 Å². The lowest BCUT2D eigenvalue weighted by Gasteiger charge is -2.09. The van der Waals surface area contributed by atoms with Crippen LogP contribution in [0.15, 0.2) is 48.5 Å². The van der Waals surface area contributed by atoms with Crippen molar-refractivity contribution < 1.29 is 9.53 Å². The first-order valence-electron chi connectivity index (χ1n) is 6.48. The van der Waals surface area contributed by atoms with Gasteiger partial charge >= 0.3 is 0 Å². The van der Waals surface area contributed by atoms with Gasteiger partial charge in [0.25, 0.3) is 0 Å². The maximum Gasteiger partial charge on any atom is 0.248 e. The minimum atomic E-state index is -0.237. The van der Waals surface area contributed by atoms with Crippen molar-refractivity contribution in [3.8, 4) is 5.75 Å². The average Bonchev–Trinajstić information content (AvgIpc) is 2.47. The number of hydrogen-bond acceptors (Lipinski definition) is 2. The Morgan fingerprint density at radius 3 is 2.71 bits per heavy atom. The van der Waals surface area contributed by atoms with Crippen molar-refractivity contribution in [1.29, 1.82) is 0 Å². The van der Waals surface area contributed by atoms with Crippen LogP contribution in [-0.4, -0.2) is 13.0 Å². The van der Waals surface area contributed by atoms with Gasteiger partial charge in [0.15, 0.2) is 0 Å². The van der Waals surface area contributed by atoms with Crippen molar-refractivity contribution in [2.45, 2.75) is 6.92 Å². The summed E-state index contributed by atoms with van der Waals surface area (Å²) in [6.07, 6.45) is 3.13. The molecule has 2 rings (SSSR count). The second kappa shape index (κ2) is 6.95. The van der Waals surface area contributed by atoms with Gasteiger partial charge in [-0.1, -0.05) is 35.9 Å². The molecule has 0 aromatic heterocycles. The standard InChI is InChI=1S/C17H16ClNO2/c1-12-7-9-16(21-2)15(11-12)19-17(20)10-8-13-5-3-4-6-14(13)18/h3-11H,1-2H3,(H,19,20)/b10-8+. The van der Waals surface area contributed by atoms with Crippen molar-refractivity contribution in [3.05, 3.63) is 64.7 Å². The molecule has 0 aliphatic rings. The number of amides is 1. The highest BCUT2D eigenvalue weighted by Gasteiger charge is 2.05. The Morgan fingerprint density at radius 2 is 2.00 bits per heavy atom. The second-order valence-electron chi connectivity index (χ2n) is 4.55. The second-order valence-corrected chi connectivity index (χ2v) is 4.96. The van der Waals surface area contributed by atoms with E-state index in [9.17, 15) is 4.79 Å². The predicted octanol–water partition coefficient (Wildman–Crippen LogP) is 4.31. The molecule has 3 nitrogen and oxygen atoms in total. The van der Waals surface area contributed by atoms with Crippen LogP contribution >= 0.6 is 11.6 Å². The molecular weight excluding hydrogens is 286 g/mol. The molecule has 0 saturated carbocycles. The lowest BCUT2D eigenvalue weighted by molar-refractivity contribution is -0.111. The molecule has 0 unspecified atom stereocenters. The number of aryl methyl sites for hydroxylation is 1. The Labute approximate surface area is 129 Å². The Hall–Kier alpha value is -2.26. The van der Waals surface area contributed by atoms with E-state index in [1.807, 2.05) is 43.3 Å². The Kier molecular flexibility index (Phi) is 5.01. The number of ether oxygens (including phenoxy) is 1. The van der Waals surface area contributed by atoms with Crippen LogP contribution in [-0.2, 0) is 4.79 Å². The van der Waals surface area contributed by atoms with Gasteiger partial charge in [0, 0.05) is 11.1 Å². The van der Waals surface area contributed by atoms with Gasteiger partial charge in [-0.15, -0.1) is 0 Å². The number of nitrogens with one attached hydrogen (secondary N) is 1. The van der Waals surface area contributed by atoms with Gasteiger partial charge in [0.2, 0.25) is 5.91 Å². The average molecular weight is 302 g/mol. The summed E-state index contributed by atoms with van der Waals surface area (Å²) in [5.41, 5.74) is 2.48. The van der Waals surface area contributed by atoms with Gasteiger partial charge in [-0.25, -0.2) is 0 Å². The van der Waals surface area contributed by atoms with E-state index >= 15 is 0 Å². The zero-order chi connectivity index (χ0) is 15.2. The molecule has 1 N–H and O–H groups in total. The summed E-state index contributed by atoms with van der Waals surface area (Å²) in [5.74, 6) is 0.388. The molecule has 1 amide bonds. The van der Waals surface area contributed by atoms with E-state index in [0.717, 1.165) is 11.1 Å². The molecule has 0 heterocycles. The van der Waals surface area contributed by atoms with Crippen molar-refractivity contribution >= 4 is 29.3 Å². The molecule has 0 atom stereocenters. The van der Waals surface area contributed by atoms with Gasteiger partial charge < -0.3 is 10.1 Å². The molecule has 2 aromatic carbocycles. The first kappa shape index (κ1) is 15.1. The maximum atomic E-state index is 12.0. The van der Waals surface area contributed by atoms with Crippen molar-refractivity contribution in [2.24, 2.45) is 0 Å². The van der Waals surface area contributed by atoms with Crippen molar-refractivity contribution in [1.82, 2.24) is 0 Å². The number of methoxy groups -OCH3 is 1. The number of anilines is 1. The van der Waals surface area contributed by atoms with Crippen LogP contribution in [0.3, 0.4) is 0 Å². The maximum absolute atomic E-state index is 12.0. The Morgan fingerprint density at radius 1 is 1.24 bits per heavy atom. The topological polar surface area (TPSA) is 38.3 Å². The first-order valence-corrected chi connectivity index (χ1v) is 6.86. The van der Waals surface area contributed by atoms with Gasteiger partial charge in [-0.05, 0) is 42.3 Å². The van der Waals surface area contributed by atoms with Gasteiger partial charge in [-0.3, -0.25) is 4.79 Å². The third kappa shape index (κ3) is 4.10. The lowest BCUT2D eigenvalue weighted by atomic mass is 10.2. The quantitative estimate of drug-likeness (QED) is 0.855. The van der Waals surface area contributed by atoms with Crippen LogP contribution in [0.2, 0.25) is 5.02 Å². The third-order valence-corrected chi connectivity index (χ3v) is 3.28. The highest BCUT2D eigenvalue weighted by molar-refractivity contribution is 6.32. The lowest BCUT2D eigenvalue weighted by Crippen LogP contribution is -2.09. The fourth-order valence-corrected chi connectivity index (χ4v) is 2.07. The minimum Gasteiger partial charge on any atom is -0.495 e. The summed E-state index contributed by atoms with van der Waals surface area (Å²) in [5, 5.41) is 3.40. The van der Waals surface area contributed by atoms with Gasteiger partial charge in [0.05, 0.1) is 12.8 Å². The molecule has 0 radical (unpaired) electrons. The molecule has 0 fully saturated rings. The summed E-state index contributed by atoms with van der Waals surface area (Å²) in [4.78, 5) is 12.0. The van der Waals surface area contributed by atoms with Crippen LogP contribution in [0.5, 0.6) is 5.75 Å². The zero-order valence-corrected chi connectivity index (χ0v) is 12.6. The van der Waals surface area contributed by atoms with E-state index in [4.69, 9.17) is 16.3 Å². The SMILES string of the molecule is COc1ccc(C)cc1NC(=O)/C=C/c1ccccc1Cl. The number of hydrogen-bond donors (Lipinski definition) is 1. The van der Waals surface area contributed by atoms with Gasteiger partial charge in [-0.2, -0.15) is 0 Å². The van der Waals surface area contributed by atoms with Gasteiger partial charge in [0.1, 0.15) is 5.75 Å². The summed E-state index contributed by atoms with van der Waals surface area (Å²) >= 11 is 6.03. The number of rotatable bonds is 4. The summed E-state index contributed by atoms with van der Waals surface area (Å²) in [6, 6.07) is 12.9. The number of halogens is 1. The fourth-order valence-electron chi connectivity index (χ4n) is 1.87. The molecule has 108 valence electrons. The largest absolute Gasteiger partial charge is 0.495 e. The van der Waals surface area contributed by atoms with Crippen LogP contribution in [0.1, 0.15) is 11.1 Å². The number of carbonyl (C=O) groups excluding carboxylic acids is 1. The monoisotopic (exact) mass is 301 g/mol. The minimum absolute atomic E-state index is 0.237. The molecule has 2 aromatic rings. The molecular formula is C17H16ClNO2. The Balaban J connectivity index is 2.12. The number of benzene rings is 2. The smallest absolute Gasteiger partial charge is 0.248 e. The van der Waals surface area contributed by atoms with E-state index in [-0.39, 0.29) is 5.91 Å². The highest BCUT2D eigenvalue weighted by atomic mass is 35.5. The highest BCUT2D eigenvalue weighted by Crippen LogP contribution is 2.25. The molecule has 21 heavy (non-hydrogen) atoms. The van der Waals surface area contributed by atoms with E-state index in [1.165, 1.54) is 6.08 Å². The first-order chi connectivity index (χ1) is 10.1. The summed E-state index contributed by atoms with van der Waals surface area (Å²) < 4.78 is 5.22. The third-order valence-electron chi connectivity index (χ3n) is 2.93. The van der Waals surface area contributed by atoms with Crippen LogP contribution in [0.4, 0.5) is 5.69 Å². The molecule has 4 heteroatoms. The molecule has 0 spiro atoms. The zero-order valence-electron chi connectivity index (χ0n) is 11.9. The van der Waals surface area contributed by atoms with E-state index in [1.54, 1.807) is 19.3 Å². The van der Waals surface area contributed by atoms with E-state index < -0.39 is 0 Å². The molecule has 0 saturated heterocycles. The predicted molar refractivity (Wildman–Crippen MR) is 86.8 cm³/mol. The van der Waals surface area contributed by atoms with E-state index in [0.29, 0.717) is 16.5 Å². The molecule has 0 aliphatic heterocycles. The van der Waals surface area contributed by atoms with Crippen LogP contribution in [0, 0.1) is 6.92 Å². The normalized spacial score (nSPS) is 10.6. The summed E-state index contributed by atoms with van der Waals surface area (Å²) in [6.45, 7) is 1.95. The van der Waals surface area contributed by atoms with Crippen LogP contribution in [0.25, 0.3) is 6.08 Å².